The van der Waals surface area contributed by atoms with Crippen LogP contribution < -0.4 is 0 Å². The number of carbonyl (C=O) groups excluding carboxylic acids is 1. The quantitative estimate of drug-likeness (QED) is 0.483. The third-order valence-electron chi connectivity index (χ3n) is 2.62. The summed E-state index contributed by atoms with van der Waals surface area (Å²) in [7, 11) is 0. The molecule has 0 saturated carbocycles. The number of Topliss-reactive ketones (excluding diaryl/α,β-unsaturated/α-hetero) is 1. The molecule has 2 heteroatoms. The Hall–Kier alpha value is -1.81. The fraction of sp³-hybridized carbons (Fsp3) is 0.118. The molecule has 0 spiro atoms. The molecule has 2 aromatic carbocycles. The molecule has 0 N–H and O–H groups in total. The minimum atomic E-state index is 0.0395. The van der Waals surface area contributed by atoms with Crippen LogP contribution in [0.1, 0.15) is 21.5 Å². The van der Waals surface area contributed by atoms with Crippen LogP contribution in [0.3, 0.4) is 0 Å². The average molecular weight is 313 g/mol. The Kier molecular flexibility index (Phi) is 4.98. The van der Waals surface area contributed by atoms with Crippen LogP contribution in [-0.2, 0) is 0 Å². The van der Waals surface area contributed by atoms with Crippen molar-refractivity contribution in [3.05, 3.63) is 71.3 Å². The van der Waals surface area contributed by atoms with E-state index in [9.17, 15) is 4.79 Å². The molecule has 0 amide bonds. The van der Waals surface area contributed by atoms with Gasteiger partial charge in [-0.2, -0.15) is 0 Å². The van der Waals surface area contributed by atoms with Crippen LogP contribution in [0.5, 0.6) is 0 Å². The fourth-order valence-electron chi connectivity index (χ4n) is 1.54. The number of hydrogen-bond donors (Lipinski definition) is 0. The minimum absolute atomic E-state index is 0.0395. The van der Waals surface area contributed by atoms with Gasteiger partial charge in [0.15, 0.2) is 0 Å². The van der Waals surface area contributed by atoms with Crippen LogP contribution in [0.2, 0.25) is 5.32 Å². The molecular formula is C17H14OSe. The van der Waals surface area contributed by atoms with Crippen molar-refractivity contribution in [2.45, 2.75) is 12.2 Å². The maximum absolute atomic E-state index is 11.8. The molecule has 0 aliphatic carbocycles. The molecule has 0 aromatic heterocycles. The molecule has 1 nitrogen and oxygen atoms in total. The van der Waals surface area contributed by atoms with E-state index in [-0.39, 0.29) is 20.7 Å². The van der Waals surface area contributed by atoms with Crippen molar-refractivity contribution in [2.24, 2.45) is 0 Å². The molecule has 0 bridgehead atoms. The number of ketones is 1. The molecule has 19 heavy (non-hydrogen) atoms. The first-order valence-electron chi connectivity index (χ1n) is 6.03. The van der Waals surface area contributed by atoms with Crippen LogP contribution in [0, 0.1) is 17.7 Å². The molecule has 2 aromatic rings. The van der Waals surface area contributed by atoms with E-state index >= 15 is 0 Å². The molecule has 0 saturated heterocycles. The summed E-state index contributed by atoms with van der Waals surface area (Å²) in [5, 5.41) is 0.538. The van der Waals surface area contributed by atoms with Crippen LogP contribution >= 0.6 is 0 Å². The van der Waals surface area contributed by atoms with Gasteiger partial charge in [-0.1, -0.05) is 0 Å². The average Bonchev–Trinajstić information content (AvgIpc) is 2.46. The second-order valence-corrected chi connectivity index (χ2v) is 5.81. The molecule has 2 rings (SSSR count). The van der Waals surface area contributed by atoms with E-state index in [1.807, 2.05) is 54.6 Å². The Morgan fingerprint density at radius 3 is 2.42 bits per heavy atom. The zero-order chi connectivity index (χ0) is 13.5. The van der Waals surface area contributed by atoms with E-state index in [1.54, 1.807) is 0 Å². The van der Waals surface area contributed by atoms with E-state index in [2.05, 4.69) is 17.7 Å². The predicted molar refractivity (Wildman–Crippen MR) is 79.4 cm³/mol. The molecule has 0 unspecified atom stereocenters. The van der Waals surface area contributed by atoms with E-state index in [0.29, 0.717) is 5.32 Å². The summed E-state index contributed by atoms with van der Waals surface area (Å²) in [6.45, 7) is 2.06. The number of hydrogen-bond acceptors (Lipinski definition) is 1. The maximum atomic E-state index is 11.8. The summed E-state index contributed by atoms with van der Waals surface area (Å²) in [5.41, 5.74) is 3.02. The van der Waals surface area contributed by atoms with E-state index < -0.39 is 0 Å². The molecule has 94 valence electrons. The Balaban J connectivity index is 1.87. The van der Waals surface area contributed by atoms with Gasteiger partial charge in [0.05, 0.1) is 0 Å². The van der Waals surface area contributed by atoms with Crippen molar-refractivity contribution in [3.8, 4) is 10.7 Å². The standard InChI is InChI=1S/C17H14OSe/c1-14-7-9-15(10-8-14)11-12-19-13-17(18)16-5-3-2-4-6-16/h2-10H,13H2,1H3. The Morgan fingerprint density at radius 1 is 1.05 bits per heavy atom. The molecule has 0 fully saturated rings. The predicted octanol–water partition coefficient (Wildman–Crippen LogP) is 3.31. The summed E-state index contributed by atoms with van der Waals surface area (Å²) >= 11 is 0.0395. The van der Waals surface area contributed by atoms with Gasteiger partial charge in [0.2, 0.25) is 0 Å². The summed E-state index contributed by atoms with van der Waals surface area (Å²) < 4.78 is 0. The molecule has 0 aliphatic heterocycles. The monoisotopic (exact) mass is 314 g/mol. The number of rotatable bonds is 3. The third-order valence-corrected chi connectivity index (χ3v) is 3.99. The van der Waals surface area contributed by atoms with Crippen molar-refractivity contribution in [1.29, 1.82) is 0 Å². The van der Waals surface area contributed by atoms with Crippen molar-refractivity contribution >= 4 is 20.7 Å². The molecule has 0 aliphatic rings. The van der Waals surface area contributed by atoms with E-state index in [1.165, 1.54) is 5.56 Å². The first kappa shape index (κ1) is 13.6. The van der Waals surface area contributed by atoms with Crippen molar-refractivity contribution in [3.63, 3.8) is 0 Å². The van der Waals surface area contributed by atoms with Crippen molar-refractivity contribution in [1.82, 2.24) is 0 Å². The summed E-state index contributed by atoms with van der Waals surface area (Å²) in [4.78, 5) is 15.0. The Morgan fingerprint density at radius 2 is 1.74 bits per heavy atom. The van der Waals surface area contributed by atoms with Gasteiger partial charge in [-0.15, -0.1) is 0 Å². The van der Waals surface area contributed by atoms with Crippen LogP contribution in [0.25, 0.3) is 0 Å². The molecule has 0 radical (unpaired) electrons. The van der Waals surface area contributed by atoms with Crippen molar-refractivity contribution < 1.29 is 4.79 Å². The van der Waals surface area contributed by atoms with Gasteiger partial charge in [-0.3, -0.25) is 0 Å². The zero-order valence-corrected chi connectivity index (χ0v) is 12.4. The van der Waals surface area contributed by atoms with E-state index in [0.717, 1.165) is 11.1 Å². The first-order chi connectivity index (χ1) is 9.25. The second kappa shape index (κ2) is 6.95. The van der Waals surface area contributed by atoms with Crippen LogP contribution in [0.4, 0.5) is 0 Å². The SMILES string of the molecule is Cc1ccc(C#C[Se]CC(=O)c2ccccc2)cc1. The molecular weight excluding hydrogens is 299 g/mol. The van der Waals surface area contributed by atoms with Gasteiger partial charge in [-0.05, 0) is 0 Å². The zero-order valence-electron chi connectivity index (χ0n) is 10.7. The Labute approximate surface area is 120 Å². The summed E-state index contributed by atoms with van der Waals surface area (Å²) in [5.74, 6) is 3.28. The second-order valence-electron chi connectivity index (χ2n) is 4.17. The number of aryl methyl sites for hydroxylation is 1. The fourth-order valence-corrected chi connectivity index (χ4v) is 2.72. The van der Waals surface area contributed by atoms with Gasteiger partial charge in [0, 0.05) is 0 Å². The van der Waals surface area contributed by atoms with Gasteiger partial charge >= 0.3 is 120 Å². The normalized spacial score (nSPS) is 9.53. The first-order valence-corrected chi connectivity index (χ1v) is 8.10. The summed E-state index contributed by atoms with van der Waals surface area (Å²) in [6.07, 6.45) is 0. The van der Waals surface area contributed by atoms with Gasteiger partial charge in [-0.25, -0.2) is 0 Å². The molecule has 0 atom stereocenters. The van der Waals surface area contributed by atoms with E-state index in [4.69, 9.17) is 0 Å². The van der Waals surface area contributed by atoms with Gasteiger partial charge in [0.1, 0.15) is 0 Å². The van der Waals surface area contributed by atoms with Gasteiger partial charge in [0.25, 0.3) is 0 Å². The summed E-state index contributed by atoms with van der Waals surface area (Å²) in [6, 6.07) is 17.5. The van der Waals surface area contributed by atoms with Crippen molar-refractivity contribution in [2.75, 3.05) is 0 Å². The molecule has 0 heterocycles. The Bertz CT molecular complexity index is 603. The topological polar surface area (TPSA) is 17.1 Å². The van der Waals surface area contributed by atoms with Gasteiger partial charge < -0.3 is 0 Å². The van der Waals surface area contributed by atoms with Crippen LogP contribution in [-0.4, -0.2) is 20.7 Å². The third kappa shape index (κ3) is 4.41. The van der Waals surface area contributed by atoms with Crippen LogP contribution in [0.15, 0.2) is 54.6 Å². The number of benzene rings is 2. The number of carbonyl (C=O) groups is 1.